The third-order valence-corrected chi connectivity index (χ3v) is 5.58. The van der Waals surface area contributed by atoms with Gasteiger partial charge in [-0.3, -0.25) is 4.79 Å². The molecule has 1 aliphatic heterocycles. The molecule has 1 saturated heterocycles. The second-order valence-corrected chi connectivity index (χ2v) is 7.94. The van der Waals surface area contributed by atoms with Gasteiger partial charge in [0.15, 0.2) is 11.8 Å². The molecule has 2 aromatic carbocycles. The number of esters is 1. The molecular formula is C21H19BrN2O4S. The third-order valence-electron chi connectivity index (χ3n) is 4.05. The molecule has 8 heteroatoms. The highest BCUT2D eigenvalue weighted by atomic mass is 79.9. The largest absolute Gasteiger partial charge is 0.481 e. The molecule has 0 aromatic heterocycles. The number of amides is 1. The van der Waals surface area contributed by atoms with Crippen molar-refractivity contribution in [2.75, 3.05) is 13.7 Å². The van der Waals surface area contributed by atoms with Gasteiger partial charge in [0.1, 0.15) is 5.75 Å². The number of thioether (sulfide) groups is 1. The predicted octanol–water partition coefficient (Wildman–Crippen LogP) is 4.45. The van der Waals surface area contributed by atoms with Gasteiger partial charge in [-0.25, -0.2) is 9.79 Å². The average molecular weight is 475 g/mol. The molecule has 0 aliphatic carbocycles. The normalized spacial score (nSPS) is 16.2. The molecule has 6 nitrogen and oxygen atoms in total. The summed E-state index contributed by atoms with van der Waals surface area (Å²) in [5.74, 6) is -0.141. The number of ether oxygens (including phenoxy) is 2. The van der Waals surface area contributed by atoms with Crippen LogP contribution < -0.4 is 10.1 Å². The van der Waals surface area contributed by atoms with Crippen LogP contribution in [0, 0.1) is 0 Å². The van der Waals surface area contributed by atoms with E-state index in [0.29, 0.717) is 20.3 Å². The minimum Gasteiger partial charge on any atom is -0.481 e. The second kappa shape index (κ2) is 9.76. The lowest BCUT2D eigenvalue weighted by atomic mass is 10.2. The van der Waals surface area contributed by atoms with Gasteiger partial charge in [0, 0.05) is 0 Å². The van der Waals surface area contributed by atoms with Gasteiger partial charge in [-0.15, -0.1) is 0 Å². The van der Waals surface area contributed by atoms with E-state index >= 15 is 0 Å². The SMILES string of the molecule is CCc1ccc(N=C2NC(=O)C(=Cc3ccc(OCC(=O)OC)c(Br)c3)S2)cc1. The van der Waals surface area contributed by atoms with Crippen molar-refractivity contribution in [2.45, 2.75) is 13.3 Å². The second-order valence-electron chi connectivity index (χ2n) is 6.06. The molecule has 0 unspecified atom stereocenters. The fraction of sp³-hybridized carbons (Fsp3) is 0.190. The Balaban J connectivity index is 1.71. The van der Waals surface area contributed by atoms with Crippen LogP contribution in [0.1, 0.15) is 18.1 Å². The third kappa shape index (κ3) is 5.71. The monoisotopic (exact) mass is 474 g/mol. The number of hydrogen-bond acceptors (Lipinski definition) is 6. The average Bonchev–Trinajstić information content (AvgIpc) is 3.06. The van der Waals surface area contributed by atoms with E-state index in [2.05, 4.69) is 37.9 Å². The smallest absolute Gasteiger partial charge is 0.343 e. The van der Waals surface area contributed by atoms with Crippen LogP contribution in [-0.2, 0) is 20.7 Å². The van der Waals surface area contributed by atoms with E-state index in [-0.39, 0.29) is 12.5 Å². The number of hydrogen-bond donors (Lipinski definition) is 1. The Hall–Kier alpha value is -2.58. The van der Waals surface area contributed by atoms with Gasteiger partial charge in [0.2, 0.25) is 0 Å². The Bertz CT molecular complexity index is 987. The minimum atomic E-state index is -0.460. The summed E-state index contributed by atoms with van der Waals surface area (Å²) in [4.78, 5) is 28.5. The number of rotatable bonds is 6. The number of halogens is 1. The number of nitrogens with zero attached hydrogens (tertiary/aromatic N) is 1. The number of nitrogens with one attached hydrogen (secondary N) is 1. The van der Waals surface area contributed by atoms with Gasteiger partial charge in [-0.1, -0.05) is 25.1 Å². The van der Waals surface area contributed by atoms with Crippen LogP contribution in [0.4, 0.5) is 5.69 Å². The molecule has 29 heavy (non-hydrogen) atoms. The van der Waals surface area contributed by atoms with Crippen molar-refractivity contribution in [1.29, 1.82) is 0 Å². The Morgan fingerprint density at radius 2 is 2.00 bits per heavy atom. The lowest BCUT2D eigenvalue weighted by molar-refractivity contribution is -0.142. The maximum absolute atomic E-state index is 12.3. The lowest BCUT2D eigenvalue weighted by Crippen LogP contribution is -2.19. The summed E-state index contributed by atoms with van der Waals surface area (Å²) in [6, 6.07) is 13.3. The zero-order valence-electron chi connectivity index (χ0n) is 15.9. The van der Waals surface area contributed by atoms with Crippen molar-refractivity contribution >= 4 is 56.5 Å². The zero-order chi connectivity index (χ0) is 20.8. The van der Waals surface area contributed by atoms with Crippen molar-refractivity contribution in [3.8, 4) is 5.75 Å². The van der Waals surface area contributed by atoms with Crippen LogP contribution in [0.5, 0.6) is 5.75 Å². The van der Waals surface area contributed by atoms with Crippen molar-refractivity contribution in [2.24, 2.45) is 4.99 Å². The van der Waals surface area contributed by atoms with Crippen molar-refractivity contribution in [3.63, 3.8) is 0 Å². The summed E-state index contributed by atoms with van der Waals surface area (Å²) < 4.78 is 10.6. The van der Waals surface area contributed by atoms with Crippen LogP contribution in [0.15, 0.2) is 56.8 Å². The summed E-state index contributed by atoms with van der Waals surface area (Å²) in [6.45, 7) is 1.92. The Kier molecular flexibility index (Phi) is 7.11. The molecule has 1 N–H and O–H groups in total. The maximum atomic E-state index is 12.3. The molecule has 2 aromatic rings. The Morgan fingerprint density at radius 1 is 1.24 bits per heavy atom. The number of benzene rings is 2. The molecule has 150 valence electrons. The number of carbonyl (C=O) groups excluding carboxylic acids is 2. The number of methoxy groups -OCH3 is 1. The first-order chi connectivity index (χ1) is 14.0. The molecule has 1 amide bonds. The molecule has 1 aliphatic rings. The highest BCUT2D eigenvalue weighted by Gasteiger charge is 2.23. The first-order valence-electron chi connectivity index (χ1n) is 8.86. The highest BCUT2D eigenvalue weighted by molar-refractivity contribution is 9.10. The van der Waals surface area contributed by atoms with E-state index in [9.17, 15) is 9.59 Å². The van der Waals surface area contributed by atoms with Crippen LogP contribution >= 0.6 is 27.7 Å². The van der Waals surface area contributed by atoms with Crippen LogP contribution in [0.3, 0.4) is 0 Å². The fourth-order valence-corrected chi connectivity index (χ4v) is 3.83. The number of aliphatic imine (C=N–C) groups is 1. The van der Waals surface area contributed by atoms with Gasteiger partial charge >= 0.3 is 5.97 Å². The fourth-order valence-electron chi connectivity index (χ4n) is 2.47. The van der Waals surface area contributed by atoms with Crippen molar-refractivity contribution in [1.82, 2.24) is 5.32 Å². The molecule has 0 radical (unpaired) electrons. The molecule has 3 rings (SSSR count). The van der Waals surface area contributed by atoms with Crippen LogP contribution in [0.2, 0.25) is 0 Å². The molecule has 0 saturated carbocycles. The number of aryl methyl sites for hydroxylation is 1. The summed E-state index contributed by atoms with van der Waals surface area (Å²) in [5, 5.41) is 3.33. The van der Waals surface area contributed by atoms with Gasteiger partial charge in [0.25, 0.3) is 5.91 Å². The zero-order valence-corrected chi connectivity index (χ0v) is 18.3. The minimum absolute atomic E-state index is 0.174. The molecular weight excluding hydrogens is 456 g/mol. The topological polar surface area (TPSA) is 77.0 Å². The van der Waals surface area contributed by atoms with Gasteiger partial charge in [-0.05, 0) is 75.6 Å². The van der Waals surface area contributed by atoms with E-state index in [1.807, 2.05) is 30.3 Å². The van der Waals surface area contributed by atoms with E-state index < -0.39 is 5.97 Å². The molecule has 0 spiro atoms. The summed E-state index contributed by atoms with van der Waals surface area (Å²) >= 11 is 4.70. The first kappa shape index (κ1) is 21.1. The van der Waals surface area contributed by atoms with Crippen molar-refractivity contribution < 1.29 is 19.1 Å². The van der Waals surface area contributed by atoms with Crippen LogP contribution in [-0.4, -0.2) is 30.8 Å². The quantitative estimate of drug-likeness (QED) is 0.494. The molecule has 1 heterocycles. The number of carbonyl (C=O) groups is 2. The standard InChI is InChI=1S/C21H19BrN2O4S/c1-3-13-4-7-15(8-5-13)23-21-24-20(26)18(29-21)11-14-6-9-17(16(22)10-14)28-12-19(25)27-2/h4-11H,3,12H2,1-2H3,(H,23,24,26). The maximum Gasteiger partial charge on any atom is 0.343 e. The molecule has 1 fully saturated rings. The van der Waals surface area contributed by atoms with E-state index in [1.165, 1.54) is 24.4 Å². The molecule has 0 atom stereocenters. The van der Waals surface area contributed by atoms with Crippen LogP contribution in [0.25, 0.3) is 6.08 Å². The van der Waals surface area contributed by atoms with Crippen molar-refractivity contribution in [3.05, 3.63) is 63.0 Å². The van der Waals surface area contributed by atoms with E-state index in [4.69, 9.17) is 4.74 Å². The summed E-state index contributed by atoms with van der Waals surface area (Å²) in [6.07, 6.45) is 2.74. The summed E-state index contributed by atoms with van der Waals surface area (Å²) in [5.41, 5.74) is 2.84. The molecule has 0 bridgehead atoms. The highest BCUT2D eigenvalue weighted by Crippen LogP contribution is 2.31. The van der Waals surface area contributed by atoms with E-state index in [0.717, 1.165) is 17.7 Å². The predicted molar refractivity (Wildman–Crippen MR) is 118 cm³/mol. The number of amidine groups is 1. The van der Waals surface area contributed by atoms with Gasteiger partial charge in [-0.2, -0.15) is 0 Å². The van der Waals surface area contributed by atoms with Gasteiger partial charge in [0.05, 0.1) is 22.2 Å². The Morgan fingerprint density at radius 3 is 2.66 bits per heavy atom. The Labute approximate surface area is 181 Å². The summed E-state index contributed by atoms with van der Waals surface area (Å²) in [7, 11) is 1.30. The van der Waals surface area contributed by atoms with Gasteiger partial charge < -0.3 is 14.8 Å². The van der Waals surface area contributed by atoms with E-state index in [1.54, 1.807) is 18.2 Å². The first-order valence-corrected chi connectivity index (χ1v) is 10.5. The lowest BCUT2D eigenvalue weighted by Gasteiger charge is -2.07.